The Morgan fingerprint density at radius 2 is 1.90 bits per heavy atom. The molecule has 3 aromatic rings. The molecule has 0 radical (unpaired) electrons. The third kappa shape index (κ3) is 6.37. The summed E-state index contributed by atoms with van der Waals surface area (Å²) in [7, 11) is 1.68. The topological polar surface area (TPSA) is 87.9 Å². The first kappa shape index (κ1) is 22.0. The fourth-order valence-electron chi connectivity index (χ4n) is 2.98. The van der Waals surface area contributed by atoms with E-state index in [2.05, 4.69) is 33.1 Å². The minimum Gasteiger partial charge on any atom is -0.496 e. The molecule has 31 heavy (non-hydrogen) atoms. The van der Waals surface area contributed by atoms with Crippen molar-refractivity contribution in [1.29, 1.82) is 0 Å². The van der Waals surface area contributed by atoms with Gasteiger partial charge < -0.3 is 25.1 Å². The second-order valence-corrected chi connectivity index (χ2v) is 6.99. The van der Waals surface area contributed by atoms with E-state index in [1.807, 2.05) is 44.2 Å². The number of furan rings is 1. The van der Waals surface area contributed by atoms with Gasteiger partial charge in [-0.3, -0.25) is 4.79 Å². The van der Waals surface area contributed by atoms with Gasteiger partial charge in [0.25, 0.3) is 5.91 Å². The van der Waals surface area contributed by atoms with E-state index in [1.165, 1.54) is 6.26 Å². The number of aryl methyl sites for hydroxylation is 1. The molecular formula is C24H28N4O3. The van der Waals surface area contributed by atoms with Gasteiger partial charge in [-0.1, -0.05) is 24.3 Å². The Morgan fingerprint density at radius 3 is 2.58 bits per heavy atom. The highest BCUT2D eigenvalue weighted by Gasteiger charge is 2.08. The molecule has 0 fully saturated rings. The summed E-state index contributed by atoms with van der Waals surface area (Å²) in [5.74, 6) is 1.58. The van der Waals surface area contributed by atoms with Gasteiger partial charge in [0.2, 0.25) is 0 Å². The van der Waals surface area contributed by atoms with Gasteiger partial charge in [-0.2, -0.15) is 0 Å². The highest BCUT2D eigenvalue weighted by molar-refractivity contribution is 6.02. The third-order valence-corrected chi connectivity index (χ3v) is 4.61. The van der Waals surface area contributed by atoms with E-state index in [-0.39, 0.29) is 11.7 Å². The molecule has 7 nitrogen and oxygen atoms in total. The number of aliphatic imine (C=N–C) groups is 1. The predicted octanol–water partition coefficient (Wildman–Crippen LogP) is 4.10. The van der Waals surface area contributed by atoms with Gasteiger partial charge in [-0.05, 0) is 55.3 Å². The Balaban J connectivity index is 1.59. The van der Waals surface area contributed by atoms with Crippen LogP contribution < -0.4 is 20.7 Å². The summed E-state index contributed by atoms with van der Waals surface area (Å²) in [5, 5.41) is 9.41. The van der Waals surface area contributed by atoms with E-state index in [0.717, 1.165) is 34.9 Å². The maximum atomic E-state index is 12.0. The number of hydrogen-bond acceptors (Lipinski definition) is 4. The maximum Gasteiger partial charge on any atom is 0.291 e. The fourth-order valence-corrected chi connectivity index (χ4v) is 2.98. The summed E-state index contributed by atoms with van der Waals surface area (Å²) < 4.78 is 10.6. The molecule has 0 unspecified atom stereocenters. The summed E-state index contributed by atoms with van der Waals surface area (Å²) in [4.78, 5) is 16.7. The first-order valence-electron chi connectivity index (χ1n) is 10.2. The van der Waals surface area contributed by atoms with Crippen molar-refractivity contribution in [3.8, 4) is 5.75 Å². The molecule has 0 bridgehead atoms. The molecule has 1 amide bonds. The number of amides is 1. The number of benzene rings is 2. The molecule has 3 N–H and O–H groups in total. The number of nitrogens with one attached hydrogen (secondary N) is 3. The van der Waals surface area contributed by atoms with Gasteiger partial charge in [0.05, 0.1) is 19.9 Å². The molecule has 0 spiro atoms. The zero-order chi connectivity index (χ0) is 22.1. The highest BCUT2D eigenvalue weighted by atomic mass is 16.5. The SMILES string of the molecule is CCNC(=NCc1ccc(NC(=O)c2ccco2)cc1)NCc1ccc(C)cc1OC. The van der Waals surface area contributed by atoms with Crippen LogP contribution in [0.2, 0.25) is 0 Å². The first-order chi connectivity index (χ1) is 15.1. The second-order valence-electron chi connectivity index (χ2n) is 6.99. The van der Waals surface area contributed by atoms with Gasteiger partial charge >= 0.3 is 0 Å². The van der Waals surface area contributed by atoms with Crippen LogP contribution in [0.15, 0.2) is 70.3 Å². The van der Waals surface area contributed by atoms with Crippen LogP contribution >= 0.6 is 0 Å². The van der Waals surface area contributed by atoms with Crippen molar-refractivity contribution in [2.24, 2.45) is 4.99 Å². The summed E-state index contributed by atoms with van der Waals surface area (Å²) in [5.41, 5.74) is 3.95. The fraction of sp³-hybridized carbons (Fsp3) is 0.250. The van der Waals surface area contributed by atoms with Crippen molar-refractivity contribution in [3.05, 3.63) is 83.3 Å². The molecule has 162 valence electrons. The molecule has 3 rings (SSSR count). The molecule has 7 heteroatoms. The number of nitrogens with zero attached hydrogens (tertiary/aromatic N) is 1. The quantitative estimate of drug-likeness (QED) is 0.377. The summed E-state index contributed by atoms with van der Waals surface area (Å²) in [6.45, 7) is 5.94. The summed E-state index contributed by atoms with van der Waals surface area (Å²) in [6, 6.07) is 17.0. The van der Waals surface area contributed by atoms with Crippen molar-refractivity contribution >= 4 is 17.6 Å². The van der Waals surface area contributed by atoms with Crippen LogP contribution in [0.4, 0.5) is 5.69 Å². The molecule has 0 atom stereocenters. The van der Waals surface area contributed by atoms with Gasteiger partial charge in [-0.15, -0.1) is 0 Å². The van der Waals surface area contributed by atoms with Crippen molar-refractivity contribution in [2.45, 2.75) is 26.9 Å². The van der Waals surface area contributed by atoms with Crippen molar-refractivity contribution in [1.82, 2.24) is 10.6 Å². The van der Waals surface area contributed by atoms with Crippen LogP contribution in [-0.2, 0) is 13.1 Å². The van der Waals surface area contributed by atoms with Gasteiger partial charge in [0, 0.05) is 24.3 Å². The number of carbonyl (C=O) groups is 1. The van der Waals surface area contributed by atoms with E-state index in [9.17, 15) is 4.79 Å². The van der Waals surface area contributed by atoms with Crippen molar-refractivity contribution < 1.29 is 13.9 Å². The molecular weight excluding hydrogens is 392 g/mol. The van der Waals surface area contributed by atoms with Crippen LogP contribution in [0.1, 0.15) is 34.2 Å². The zero-order valence-corrected chi connectivity index (χ0v) is 18.1. The van der Waals surface area contributed by atoms with Crippen LogP contribution in [-0.4, -0.2) is 25.5 Å². The van der Waals surface area contributed by atoms with Crippen molar-refractivity contribution in [2.75, 3.05) is 19.0 Å². The van der Waals surface area contributed by atoms with E-state index in [4.69, 9.17) is 9.15 Å². The lowest BCUT2D eigenvalue weighted by molar-refractivity contribution is 0.0996. The number of methoxy groups -OCH3 is 1. The van der Waals surface area contributed by atoms with Gasteiger partial charge in [-0.25, -0.2) is 4.99 Å². The third-order valence-electron chi connectivity index (χ3n) is 4.61. The standard InChI is InChI=1S/C24H28N4O3/c1-4-25-24(27-16-19-10-7-17(2)14-22(19)30-3)26-15-18-8-11-20(12-9-18)28-23(29)21-6-5-13-31-21/h5-14H,4,15-16H2,1-3H3,(H,28,29)(H2,25,26,27). The Kier molecular flexibility index (Phi) is 7.70. The Morgan fingerprint density at radius 1 is 1.10 bits per heavy atom. The molecule has 0 saturated heterocycles. The summed E-state index contributed by atoms with van der Waals surface area (Å²) >= 11 is 0. The van der Waals surface area contributed by atoms with Gasteiger partial charge in [0.1, 0.15) is 5.75 Å². The Bertz CT molecular complexity index is 1010. The largest absolute Gasteiger partial charge is 0.496 e. The molecule has 2 aromatic carbocycles. The average Bonchev–Trinajstić information content (AvgIpc) is 3.32. The molecule has 0 saturated carbocycles. The number of hydrogen-bond donors (Lipinski definition) is 3. The minimum atomic E-state index is -0.277. The van der Waals surface area contributed by atoms with Crippen LogP contribution in [0.5, 0.6) is 5.75 Å². The Labute approximate surface area is 182 Å². The number of guanidine groups is 1. The number of anilines is 1. The predicted molar refractivity (Wildman–Crippen MR) is 122 cm³/mol. The average molecular weight is 421 g/mol. The lowest BCUT2D eigenvalue weighted by Gasteiger charge is -2.14. The van der Waals surface area contributed by atoms with Crippen LogP contribution in [0.25, 0.3) is 0 Å². The smallest absolute Gasteiger partial charge is 0.291 e. The number of ether oxygens (including phenoxy) is 1. The zero-order valence-electron chi connectivity index (χ0n) is 18.1. The maximum absolute atomic E-state index is 12.0. The van der Waals surface area contributed by atoms with Crippen LogP contribution in [0.3, 0.4) is 0 Å². The van der Waals surface area contributed by atoms with Gasteiger partial charge in [0.15, 0.2) is 11.7 Å². The molecule has 0 aliphatic heterocycles. The van der Waals surface area contributed by atoms with E-state index in [0.29, 0.717) is 18.8 Å². The van der Waals surface area contributed by atoms with E-state index >= 15 is 0 Å². The monoisotopic (exact) mass is 420 g/mol. The van der Waals surface area contributed by atoms with E-state index in [1.54, 1.807) is 19.2 Å². The Hall–Kier alpha value is -3.74. The van der Waals surface area contributed by atoms with E-state index < -0.39 is 0 Å². The minimum absolute atomic E-state index is 0.277. The first-order valence-corrected chi connectivity index (χ1v) is 10.2. The normalized spacial score (nSPS) is 11.1. The number of rotatable bonds is 8. The molecule has 1 aromatic heterocycles. The highest BCUT2D eigenvalue weighted by Crippen LogP contribution is 2.19. The lowest BCUT2D eigenvalue weighted by Crippen LogP contribution is -2.36. The number of carbonyl (C=O) groups excluding carboxylic acids is 1. The van der Waals surface area contributed by atoms with Crippen molar-refractivity contribution in [3.63, 3.8) is 0 Å². The second kappa shape index (κ2) is 10.9. The lowest BCUT2D eigenvalue weighted by atomic mass is 10.1. The van der Waals surface area contributed by atoms with Crippen LogP contribution in [0, 0.1) is 6.92 Å². The summed E-state index contributed by atoms with van der Waals surface area (Å²) in [6.07, 6.45) is 1.47. The molecule has 0 aliphatic carbocycles. The molecule has 0 aliphatic rings. The molecule has 1 heterocycles.